The molecule has 2 N–H and O–H groups in total. The van der Waals surface area contributed by atoms with Gasteiger partial charge in [-0.15, -0.1) is 0 Å². The highest BCUT2D eigenvalue weighted by atomic mass is 16.5. The van der Waals surface area contributed by atoms with Crippen LogP contribution in [0.2, 0.25) is 0 Å². The SMILES string of the molecule is Cc1cccc2[nH]c(C(=O)NC3COc4ccccc43)nc12. The number of aromatic amines is 1. The molecule has 0 aliphatic carbocycles. The van der Waals surface area contributed by atoms with Gasteiger partial charge in [-0.3, -0.25) is 4.79 Å². The van der Waals surface area contributed by atoms with Crippen molar-refractivity contribution in [3.63, 3.8) is 0 Å². The summed E-state index contributed by atoms with van der Waals surface area (Å²) in [7, 11) is 0. The first kappa shape index (κ1) is 12.9. The second kappa shape index (κ2) is 4.87. The molecule has 0 fully saturated rings. The minimum absolute atomic E-state index is 0.141. The summed E-state index contributed by atoms with van der Waals surface area (Å²) < 4.78 is 5.58. The number of aromatic nitrogens is 2. The zero-order valence-electron chi connectivity index (χ0n) is 12.1. The fraction of sp³-hybridized carbons (Fsp3) is 0.176. The molecule has 1 aliphatic rings. The first-order chi connectivity index (χ1) is 10.7. The Hall–Kier alpha value is -2.82. The molecule has 5 heteroatoms. The van der Waals surface area contributed by atoms with Crippen LogP contribution in [0.4, 0.5) is 0 Å². The highest BCUT2D eigenvalue weighted by Crippen LogP contribution is 2.31. The smallest absolute Gasteiger partial charge is 0.287 e. The summed E-state index contributed by atoms with van der Waals surface area (Å²) in [5, 5.41) is 2.97. The Morgan fingerprint density at radius 1 is 1.27 bits per heavy atom. The van der Waals surface area contributed by atoms with E-state index >= 15 is 0 Å². The molecule has 5 nitrogen and oxygen atoms in total. The molecule has 2 aromatic carbocycles. The highest BCUT2D eigenvalue weighted by molar-refractivity contribution is 5.95. The first-order valence-electron chi connectivity index (χ1n) is 7.20. The van der Waals surface area contributed by atoms with Crippen LogP contribution in [0, 0.1) is 6.92 Å². The van der Waals surface area contributed by atoms with E-state index in [2.05, 4.69) is 15.3 Å². The zero-order valence-corrected chi connectivity index (χ0v) is 12.1. The molecule has 110 valence electrons. The molecule has 0 spiro atoms. The average Bonchev–Trinajstić information content (AvgIpc) is 3.13. The van der Waals surface area contributed by atoms with E-state index in [4.69, 9.17) is 4.74 Å². The number of fused-ring (bicyclic) bond motifs is 2. The van der Waals surface area contributed by atoms with Crippen molar-refractivity contribution in [2.24, 2.45) is 0 Å². The summed E-state index contributed by atoms with van der Waals surface area (Å²) >= 11 is 0. The normalized spacial score (nSPS) is 16.3. The number of ether oxygens (including phenoxy) is 1. The van der Waals surface area contributed by atoms with E-state index in [1.54, 1.807) is 0 Å². The summed E-state index contributed by atoms with van der Waals surface area (Å²) in [5.41, 5.74) is 3.74. The third-order valence-corrected chi connectivity index (χ3v) is 3.93. The van der Waals surface area contributed by atoms with Crippen molar-refractivity contribution >= 4 is 16.9 Å². The van der Waals surface area contributed by atoms with E-state index < -0.39 is 0 Å². The number of carbonyl (C=O) groups is 1. The van der Waals surface area contributed by atoms with Gasteiger partial charge in [-0.1, -0.05) is 30.3 Å². The minimum atomic E-state index is -0.221. The van der Waals surface area contributed by atoms with Crippen LogP contribution in [0.5, 0.6) is 5.75 Å². The summed E-state index contributed by atoms with van der Waals surface area (Å²) in [6.07, 6.45) is 0. The average molecular weight is 293 g/mol. The van der Waals surface area contributed by atoms with Gasteiger partial charge in [-0.2, -0.15) is 0 Å². The number of nitrogens with one attached hydrogen (secondary N) is 2. The largest absolute Gasteiger partial charge is 0.491 e. The van der Waals surface area contributed by atoms with Crippen molar-refractivity contribution in [1.82, 2.24) is 15.3 Å². The van der Waals surface area contributed by atoms with Crippen LogP contribution < -0.4 is 10.1 Å². The molecule has 0 bridgehead atoms. The third kappa shape index (κ3) is 2.02. The lowest BCUT2D eigenvalue weighted by atomic mass is 10.1. The number of hydrogen-bond donors (Lipinski definition) is 2. The van der Waals surface area contributed by atoms with Crippen LogP contribution in [-0.2, 0) is 0 Å². The molecule has 1 atom stereocenters. The number of hydrogen-bond acceptors (Lipinski definition) is 3. The van der Waals surface area contributed by atoms with Crippen LogP contribution in [0.3, 0.4) is 0 Å². The first-order valence-corrected chi connectivity index (χ1v) is 7.20. The molecular weight excluding hydrogens is 278 g/mol. The minimum Gasteiger partial charge on any atom is -0.491 e. The predicted molar refractivity (Wildman–Crippen MR) is 83.0 cm³/mol. The number of aryl methyl sites for hydroxylation is 1. The number of para-hydroxylation sites is 2. The molecule has 1 unspecified atom stereocenters. The van der Waals surface area contributed by atoms with Crippen molar-refractivity contribution in [3.8, 4) is 5.75 Å². The van der Waals surface area contributed by atoms with Crippen molar-refractivity contribution in [3.05, 3.63) is 59.4 Å². The van der Waals surface area contributed by atoms with Crippen molar-refractivity contribution < 1.29 is 9.53 Å². The van der Waals surface area contributed by atoms with Crippen molar-refractivity contribution in [1.29, 1.82) is 0 Å². The van der Waals surface area contributed by atoms with Gasteiger partial charge in [0.1, 0.15) is 12.4 Å². The lowest BCUT2D eigenvalue weighted by molar-refractivity contribution is 0.0921. The molecule has 0 saturated heterocycles. The van der Waals surface area contributed by atoms with E-state index in [0.29, 0.717) is 12.4 Å². The highest BCUT2D eigenvalue weighted by Gasteiger charge is 2.26. The maximum atomic E-state index is 12.4. The van der Waals surface area contributed by atoms with Gasteiger partial charge < -0.3 is 15.0 Å². The Bertz CT molecular complexity index is 869. The second-order valence-electron chi connectivity index (χ2n) is 5.43. The Kier molecular flexibility index (Phi) is 2.85. The van der Waals surface area contributed by atoms with Crippen molar-refractivity contribution in [2.45, 2.75) is 13.0 Å². The number of amides is 1. The van der Waals surface area contributed by atoms with Gasteiger partial charge in [0.15, 0.2) is 5.82 Å². The zero-order chi connectivity index (χ0) is 15.1. The van der Waals surface area contributed by atoms with Gasteiger partial charge in [0.25, 0.3) is 5.91 Å². The third-order valence-electron chi connectivity index (χ3n) is 3.93. The van der Waals surface area contributed by atoms with Crippen LogP contribution in [0.1, 0.15) is 27.8 Å². The number of benzene rings is 2. The van der Waals surface area contributed by atoms with E-state index in [1.807, 2.05) is 49.4 Å². The van der Waals surface area contributed by atoms with Crippen LogP contribution in [0.25, 0.3) is 11.0 Å². The molecule has 1 aliphatic heterocycles. The molecule has 1 aromatic heterocycles. The van der Waals surface area contributed by atoms with E-state index in [0.717, 1.165) is 27.9 Å². The second-order valence-corrected chi connectivity index (χ2v) is 5.43. The topological polar surface area (TPSA) is 67.0 Å². The van der Waals surface area contributed by atoms with Gasteiger partial charge in [0.05, 0.1) is 17.1 Å². The van der Waals surface area contributed by atoms with E-state index in [1.165, 1.54) is 0 Å². The Labute approximate surface area is 127 Å². The summed E-state index contributed by atoms with van der Waals surface area (Å²) in [4.78, 5) is 19.9. The standard InChI is InChI=1S/C17H15N3O2/c1-10-5-4-7-12-15(10)20-16(18-12)17(21)19-13-9-22-14-8-3-2-6-11(13)14/h2-8,13H,9H2,1H3,(H,18,20)(H,19,21). The number of rotatable bonds is 2. The lowest BCUT2D eigenvalue weighted by Crippen LogP contribution is -2.30. The number of nitrogens with zero attached hydrogens (tertiary/aromatic N) is 1. The molecule has 4 rings (SSSR count). The summed E-state index contributed by atoms with van der Waals surface area (Å²) in [6.45, 7) is 2.43. The van der Waals surface area contributed by atoms with Gasteiger partial charge in [0.2, 0.25) is 0 Å². The van der Waals surface area contributed by atoms with Gasteiger partial charge in [-0.05, 0) is 24.6 Å². The number of H-pyrrole nitrogens is 1. The summed E-state index contributed by atoms with van der Waals surface area (Å²) in [6, 6.07) is 13.4. The molecule has 3 aromatic rings. The number of carbonyl (C=O) groups excluding carboxylic acids is 1. The Morgan fingerprint density at radius 3 is 3.00 bits per heavy atom. The molecule has 1 amide bonds. The van der Waals surface area contributed by atoms with Crippen LogP contribution in [0.15, 0.2) is 42.5 Å². The van der Waals surface area contributed by atoms with Gasteiger partial charge >= 0.3 is 0 Å². The van der Waals surface area contributed by atoms with Gasteiger partial charge in [0, 0.05) is 5.56 Å². The predicted octanol–water partition coefficient (Wildman–Crippen LogP) is 2.73. The maximum absolute atomic E-state index is 12.4. The molecule has 0 radical (unpaired) electrons. The monoisotopic (exact) mass is 293 g/mol. The van der Waals surface area contributed by atoms with E-state index in [-0.39, 0.29) is 11.9 Å². The maximum Gasteiger partial charge on any atom is 0.287 e. The molecular formula is C17H15N3O2. The fourth-order valence-corrected chi connectivity index (χ4v) is 2.79. The van der Waals surface area contributed by atoms with Crippen molar-refractivity contribution in [2.75, 3.05) is 6.61 Å². The molecule has 0 saturated carbocycles. The van der Waals surface area contributed by atoms with Gasteiger partial charge in [-0.25, -0.2) is 4.98 Å². The Morgan fingerprint density at radius 2 is 2.14 bits per heavy atom. The molecule has 2 heterocycles. The molecule has 22 heavy (non-hydrogen) atoms. The number of imidazole rings is 1. The summed E-state index contributed by atoms with van der Waals surface area (Å²) in [5.74, 6) is 0.933. The van der Waals surface area contributed by atoms with Crippen LogP contribution in [-0.4, -0.2) is 22.5 Å². The fourth-order valence-electron chi connectivity index (χ4n) is 2.79. The van der Waals surface area contributed by atoms with Crippen LogP contribution >= 0.6 is 0 Å². The lowest BCUT2D eigenvalue weighted by Gasteiger charge is -2.10. The Balaban J connectivity index is 1.61. The van der Waals surface area contributed by atoms with E-state index in [9.17, 15) is 4.79 Å². The quantitative estimate of drug-likeness (QED) is 0.763.